The molecule has 1 aromatic carbocycles. The van der Waals surface area contributed by atoms with Crippen LogP contribution in [0.25, 0.3) is 10.9 Å². The molecule has 0 aliphatic rings. The summed E-state index contributed by atoms with van der Waals surface area (Å²) in [5, 5.41) is 9.33. The molecule has 0 bridgehead atoms. The molecule has 0 fully saturated rings. The van der Waals surface area contributed by atoms with Gasteiger partial charge >= 0.3 is 6.09 Å². The maximum absolute atomic E-state index is 13.5. The van der Waals surface area contributed by atoms with Gasteiger partial charge in [0.15, 0.2) is 5.82 Å². The number of rotatable bonds is 0. The third-order valence-corrected chi connectivity index (χ3v) is 2.56. The van der Waals surface area contributed by atoms with Crippen molar-refractivity contribution in [2.45, 2.75) is 0 Å². The van der Waals surface area contributed by atoms with Gasteiger partial charge in [0.25, 0.3) is 0 Å². The second-order valence-corrected chi connectivity index (χ2v) is 3.62. The first-order chi connectivity index (χ1) is 6.61. The van der Waals surface area contributed by atoms with Gasteiger partial charge in [-0.2, -0.15) is 0 Å². The van der Waals surface area contributed by atoms with Crippen molar-refractivity contribution >= 4 is 32.9 Å². The predicted molar refractivity (Wildman–Crippen MR) is 53.0 cm³/mol. The highest BCUT2D eigenvalue weighted by molar-refractivity contribution is 9.10. The number of aromatic nitrogens is 1. The lowest BCUT2D eigenvalue weighted by Gasteiger charge is -2.00. The van der Waals surface area contributed by atoms with Crippen LogP contribution < -0.4 is 0 Å². The smallest absolute Gasteiger partial charge is 0.416 e. The molecular formula is C9H5BrFNO2. The SMILES string of the molecule is O=C(O)n1ccc2ccc(Br)c(F)c21. The zero-order chi connectivity index (χ0) is 10.3. The molecule has 0 unspecified atom stereocenters. The van der Waals surface area contributed by atoms with E-state index in [4.69, 9.17) is 5.11 Å². The topological polar surface area (TPSA) is 42.2 Å². The highest BCUT2D eigenvalue weighted by Gasteiger charge is 2.13. The Labute approximate surface area is 86.9 Å². The fourth-order valence-electron chi connectivity index (χ4n) is 1.32. The van der Waals surface area contributed by atoms with Crippen LogP contribution in [0.4, 0.5) is 9.18 Å². The van der Waals surface area contributed by atoms with Gasteiger partial charge < -0.3 is 5.11 Å². The van der Waals surface area contributed by atoms with E-state index in [1.165, 1.54) is 6.20 Å². The van der Waals surface area contributed by atoms with Crippen molar-refractivity contribution in [1.82, 2.24) is 4.57 Å². The summed E-state index contributed by atoms with van der Waals surface area (Å²) in [7, 11) is 0. The lowest BCUT2D eigenvalue weighted by atomic mass is 10.2. The first kappa shape index (κ1) is 9.21. The minimum atomic E-state index is -1.20. The molecule has 2 rings (SSSR count). The van der Waals surface area contributed by atoms with Crippen LogP contribution in [0.3, 0.4) is 0 Å². The Kier molecular flexibility index (Phi) is 2.03. The first-order valence-corrected chi connectivity index (χ1v) is 4.59. The third kappa shape index (κ3) is 1.21. The van der Waals surface area contributed by atoms with E-state index in [2.05, 4.69) is 15.9 Å². The minimum Gasteiger partial charge on any atom is -0.464 e. The summed E-state index contributed by atoms with van der Waals surface area (Å²) in [5.74, 6) is -0.560. The molecule has 1 N–H and O–H groups in total. The summed E-state index contributed by atoms with van der Waals surface area (Å²) in [4.78, 5) is 10.7. The van der Waals surface area contributed by atoms with Gasteiger partial charge in [0.1, 0.15) is 0 Å². The van der Waals surface area contributed by atoms with Crippen LogP contribution in [-0.2, 0) is 0 Å². The number of halogens is 2. The molecule has 14 heavy (non-hydrogen) atoms. The summed E-state index contributed by atoms with van der Waals surface area (Å²) in [6, 6.07) is 4.75. The lowest BCUT2D eigenvalue weighted by Crippen LogP contribution is -2.06. The van der Waals surface area contributed by atoms with Gasteiger partial charge in [-0.05, 0) is 28.1 Å². The predicted octanol–water partition coefficient (Wildman–Crippen LogP) is 3.07. The van der Waals surface area contributed by atoms with Gasteiger partial charge in [-0.1, -0.05) is 6.07 Å². The van der Waals surface area contributed by atoms with E-state index in [1.807, 2.05) is 0 Å². The molecule has 0 aliphatic carbocycles. The van der Waals surface area contributed by atoms with Crippen LogP contribution in [0.15, 0.2) is 28.9 Å². The Morgan fingerprint density at radius 1 is 1.43 bits per heavy atom. The Morgan fingerprint density at radius 3 is 2.79 bits per heavy atom. The van der Waals surface area contributed by atoms with Crippen molar-refractivity contribution < 1.29 is 14.3 Å². The quantitative estimate of drug-likeness (QED) is 0.788. The summed E-state index contributed by atoms with van der Waals surface area (Å²) in [5.41, 5.74) is 0.0758. The fraction of sp³-hybridized carbons (Fsp3) is 0. The van der Waals surface area contributed by atoms with E-state index in [0.29, 0.717) is 5.39 Å². The lowest BCUT2D eigenvalue weighted by molar-refractivity contribution is 0.197. The third-order valence-electron chi connectivity index (χ3n) is 1.95. The molecular weight excluding hydrogens is 253 g/mol. The normalized spacial score (nSPS) is 10.7. The van der Waals surface area contributed by atoms with E-state index in [0.717, 1.165) is 4.57 Å². The number of nitrogens with zero attached hydrogens (tertiary/aromatic N) is 1. The van der Waals surface area contributed by atoms with Crippen LogP contribution >= 0.6 is 15.9 Å². The van der Waals surface area contributed by atoms with E-state index in [1.54, 1.807) is 18.2 Å². The number of hydrogen-bond donors (Lipinski definition) is 1. The van der Waals surface area contributed by atoms with Gasteiger partial charge in [-0.25, -0.2) is 13.8 Å². The first-order valence-electron chi connectivity index (χ1n) is 3.79. The van der Waals surface area contributed by atoms with Crippen LogP contribution in [0.2, 0.25) is 0 Å². The second-order valence-electron chi connectivity index (χ2n) is 2.77. The van der Waals surface area contributed by atoms with Crippen molar-refractivity contribution in [3.05, 3.63) is 34.7 Å². The van der Waals surface area contributed by atoms with E-state index < -0.39 is 11.9 Å². The monoisotopic (exact) mass is 257 g/mol. The highest BCUT2D eigenvalue weighted by Crippen LogP contribution is 2.25. The van der Waals surface area contributed by atoms with E-state index in [-0.39, 0.29) is 9.99 Å². The Bertz CT molecular complexity index is 521. The fourth-order valence-corrected chi connectivity index (χ4v) is 1.64. The molecule has 2 aromatic rings. The molecule has 0 amide bonds. The van der Waals surface area contributed by atoms with Gasteiger partial charge in [-0.3, -0.25) is 0 Å². The number of benzene rings is 1. The number of fused-ring (bicyclic) bond motifs is 1. The van der Waals surface area contributed by atoms with Crippen LogP contribution in [0.1, 0.15) is 0 Å². The summed E-state index contributed by atoms with van der Waals surface area (Å²) >= 11 is 3.00. The van der Waals surface area contributed by atoms with E-state index >= 15 is 0 Å². The Morgan fingerprint density at radius 2 is 2.14 bits per heavy atom. The molecule has 1 aromatic heterocycles. The molecule has 0 saturated heterocycles. The molecule has 5 heteroatoms. The zero-order valence-electron chi connectivity index (χ0n) is 6.87. The number of carboxylic acid groups (broad SMARTS) is 1. The maximum Gasteiger partial charge on any atom is 0.416 e. The van der Waals surface area contributed by atoms with Crippen molar-refractivity contribution in [3.63, 3.8) is 0 Å². The summed E-state index contributed by atoms with van der Waals surface area (Å²) < 4.78 is 14.6. The van der Waals surface area contributed by atoms with Crippen molar-refractivity contribution in [2.24, 2.45) is 0 Å². The standard InChI is InChI=1S/C9H5BrFNO2/c10-6-2-1-5-3-4-12(9(13)14)8(5)7(6)11/h1-4H,(H,13,14). The molecule has 0 atom stereocenters. The molecule has 0 saturated carbocycles. The minimum absolute atomic E-state index is 0.0758. The molecule has 3 nitrogen and oxygen atoms in total. The second kappa shape index (κ2) is 3.09. The van der Waals surface area contributed by atoms with Crippen LogP contribution in [-0.4, -0.2) is 15.8 Å². The molecule has 0 spiro atoms. The van der Waals surface area contributed by atoms with Crippen LogP contribution in [0.5, 0.6) is 0 Å². The number of carbonyl (C=O) groups is 1. The summed E-state index contributed by atoms with van der Waals surface area (Å²) in [6.07, 6.45) is 0.125. The van der Waals surface area contributed by atoms with Crippen LogP contribution in [0, 0.1) is 5.82 Å². The number of hydrogen-bond acceptors (Lipinski definition) is 1. The van der Waals surface area contributed by atoms with Crippen molar-refractivity contribution in [2.75, 3.05) is 0 Å². The average molecular weight is 258 g/mol. The van der Waals surface area contributed by atoms with Gasteiger partial charge in [0, 0.05) is 11.6 Å². The van der Waals surface area contributed by atoms with Gasteiger partial charge in [0.05, 0.1) is 9.99 Å². The van der Waals surface area contributed by atoms with Crippen molar-refractivity contribution in [1.29, 1.82) is 0 Å². The Balaban J connectivity index is 2.89. The largest absolute Gasteiger partial charge is 0.464 e. The molecule has 1 heterocycles. The average Bonchev–Trinajstić information content (AvgIpc) is 2.55. The molecule has 0 aliphatic heterocycles. The van der Waals surface area contributed by atoms with Gasteiger partial charge in [-0.15, -0.1) is 0 Å². The van der Waals surface area contributed by atoms with E-state index in [9.17, 15) is 9.18 Å². The Hall–Kier alpha value is -1.36. The molecule has 0 radical (unpaired) electrons. The highest BCUT2D eigenvalue weighted by atomic mass is 79.9. The maximum atomic E-state index is 13.5. The van der Waals surface area contributed by atoms with Gasteiger partial charge in [0.2, 0.25) is 0 Å². The summed E-state index contributed by atoms with van der Waals surface area (Å²) in [6.45, 7) is 0. The molecule has 72 valence electrons. The van der Waals surface area contributed by atoms with Crippen molar-refractivity contribution in [3.8, 4) is 0 Å². The zero-order valence-corrected chi connectivity index (χ0v) is 8.45.